The predicted octanol–water partition coefficient (Wildman–Crippen LogP) is 5.05. The molecule has 3 aromatic rings. The number of nitrogens with one attached hydrogen (secondary N) is 1. The van der Waals surface area contributed by atoms with Gasteiger partial charge >= 0.3 is 0 Å². The van der Waals surface area contributed by atoms with Crippen molar-refractivity contribution in [3.8, 4) is 5.69 Å². The lowest BCUT2D eigenvalue weighted by Gasteiger charge is -2.24. The molecule has 4 rings (SSSR count). The molecule has 0 unspecified atom stereocenters. The first-order chi connectivity index (χ1) is 13.4. The molecule has 1 aliphatic rings. The Morgan fingerprint density at radius 2 is 1.89 bits per heavy atom. The number of aromatic nitrogens is 2. The normalized spacial score (nSPS) is 19.2. The molecule has 1 aromatic carbocycles. The number of hydrogen-bond donors (Lipinski definition) is 1. The third-order valence-electron chi connectivity index (χ3n) is 5.61. The van der Waals surface area contributed by atoms with E-state index in [0.29, 0.717) is 0 Å². The van der Waals surface area contributed by atoms with Gasteiger partial charge in [0.15, 0.2) is 5.11 Å². The maximum atomic E-state index is 6.39. The molecule has 4 nitrogen and oxygen atoms in total. The third kappa shape index (κ3) is 2.99. The van der Waals surface area contributed by atoms with Crippen LogP contribution in [0.3, 0.4) is 0 Å². The van der Waals surface area contributed by atoms with E-state index in [4.69, 9.17) is 23.8 Å². The van der Waals surface area contributed by atoms with E-state index in [2.05, 4.69) is 52.7 Å². The summed E-state index contributed by atoms with van der Waals surface area (Å²) in [5.74, 6) is 0. The van der Waals surface area contributed by atoms with Crippen molar-refractivity contribution in [2.75, 3.05) is 7.05 Å². The van der Waals surface area contributed by atoms with Gasteiger partial charge in [-0.3, -0.25) is 4.98 Å². The summed E-state index contributed by atoms with van der Waals surface area (Å²) in [6.07, 6.45) is 1.83. The second-order valence-corrected chi connectivity index (χ2v) is 8.08. The first-order valence-corrected chi connectivity index (χ1v) is 10.1. The molecule has 0 radical (unpaired) electrons. The molecular formula is C22H23ClN4S. The highest BCUT2D eigenvalue weighted by Crippen LogP contribution is 2.40. The third-order valence-corrected chi connectivity index (χ3v) is 6.42. The fraction of sp³-hybridized carbons (Fsp3) is 0.273. The van der Waals surface area contributed by atoms with E-state index in [-0.39, 0.29) is 12.1 Å². The molecule has 1 fully saturated rings. The number of pyridine rings is 1. The van der Waals surface area contributed by atoms with Gasteiger partial charge < -0.3 is 14.8 Å². The van der Waals surface area contributed by atoms with Crippen LogP contribution in [0.5, 0.6) is 0 Å². The molecule has 144 valence electrons. The standard InChI is InChI=1S/C22H23ClN4S/c1-13-12-16(15(3)27(13)19-10-7-8-17(23)14(19)2)21-20(25-22(28)26(21)4)18-9-5-6-11-24-18/h5-12,20-21H,1-4H3,(H,25,28)/t20-,21-/m1/s1. The van der Waals surface area contributed by atoms with Crippen LogP contribution in [0.25, 0.3) is 5.69 Å². The summed E-state index contributed by atoms with van der Waals surface area (Å²) in [5, 5.41) is 4.97. The maximum absolute atomic E-state index is 6.39. The zero-order valence-electron chi connectivity index (χ0n) is 16.4. The van der Waals surface area contributed by atoms with Crippen LogP contribution in [0, 0.1) is 20.8 Å². The van der Waals surface area contributed by atoms with Crippen LogP contribution in [-0.2, 0) is 0 Å². The van der Waals surface area contributed by atoms with E-state index in [1.807, 2.05) is 43.6 Å². The molecule has 6 heteroatoms. The Labute approximate surface area is 176 Å². The van der Waals surface area contributed by atoms with Crippen molar-refractivity contribution in [3.63, 3.8) is 0 Å². The second kappa shape index (κ2) is 7.22. The van der Waals surface area contributed by atoms with Crippen LogP contribution in [0.2, 0.25) is 5.02 Å². The number of rotatable bonds is 3. The molecule has 1 N–H and O–H groups in total. The minimum atomic E-state index is 0.00751. The minimum Gasteiger partial charge on any atom is -0.352 e. The van der Waals surface area contributed by atoms with Crippen molar-refractivity contribution in [2.24, 2.45) is 0 Å². The highest BCUT2D eigenvalue weighted by atomic mass is 35.5. The first-order valence-electron chi connectivity index (χ1n) is 9.28. The van der Waals surface area contributed by atoms with E-state index < -0.39 is 0 Å². The van der Waals surface area contributed by atoms with E-state index in [1.54, 1.807) is 0 Å². The summed E-state index contributed by atoms with van der Waals surface area (Å²) in [5.41, 5.74) is 6.77. The van der Waals surface area contributed by atoms with Gasteiger partial charge in [0.25, 0.3) is 0 Å². The largest absolute Gasteiger partial charge is 0.352 e. The van der Waals surface area contributed by atoms with Crippen LogP contribution in [0.4, 0.5) is 0 Å². The predicted molar refractivity (Wildman–Crippen MR) is 118 cm³/mol. The SMILES string of the molecule is Cc1c(Cl)cccc1-n1c(C)cc([C@@H]2[C@@H](c3ccccn3)NC(=S)N2C)c1C. The van der Waals surface area contributed by atoms with Crippen LogP contribution in [0.1, 0.15) is 40.3 Å². The van der Waals surface area contributed by atoms with Crippen molar-refractivity contribution < 1.29 is 0 Å². The van der Waals surface area contributed by atoms with Gasteiger partial charge in [0, 0.05) is 35.3 Å². The van der Waals surface area contributed by atoms with Crippen molar-refractivity contribution in [3.05, 3.63) is 81.9 Å². The quantitative estimate of drug-likeness (QED) is 0.612. The molecule has 1 aliphatic heterocycles. The summed E-state index contributed by atoms with van der Waals surface area (Å²) >= 11 is 12.0. The van der Waals surface area contributed by atoms with Crippen molar-refractivity contribution in [1.82, 2.24) is 19.8 Å². The topological polar surface area (TPSA) is 33.1 Å². The number of likely N-dealkylation sites (N-methyl/N-ethyl adjacent to an activating group) is 1. The van der Waals surface area contributed by atoms with Crippen molar-refractivity contribution in [2.45, 2.75) is 32.9 Å². The molecule has 1 saturated heterocycles. The Hall–Kier alpha value is -2.37. The summed E-state index contributed by atoms with van der Waals surface area (Å²) in [4.78, 5) is 6.71. The van der Waals surface area contributed by atoms with Gasteiger partial charge in [-0.2, -0.15) is 0 Å². The first kappa shape index (κ1) is 19.0. The number of benzene rings is 1. The molecule has 2 aromatic heterocycles. The van der Waals surface area contributed by atoms with Gasteiger partial charge in [-0.05, 0) is 74.4 Å². The number of aryl methyl sites for hydroxylation is 1. The van der Waals surface area contributed by atoms with Gasteiger partial charge in [-0.1, -0.05) is 23.7 Å². The number of thiocarbonyl (C=S) groups is 1. The van der Waals surface area contributed by atoms with E-state index in [1.165, 1.54) is 17.0 Å². The van der Waals surface area contributed by atoms with E-state index in [9.17, 15) is 0 Å². The Morgan fingerprint density at radius 3 is 2.61 bits per heavy atom. The van der Waals surface area contributed by atoms with Gasteiger partial charge in [-0.15, -0.1) is 0 Å². The monoisotopic (exact) mass is 410 g/mol. The summed E-state index contributed by atoms with van der Waals surface area (Å²) < 4.78 is 2.28. The highest BCUT2D eigenvalue weighted by Gasteiger charge is 2.39. The van der Waals surface area contributed by atoms with Crippen molar-refractivity contribution >= 4 is 28.9 Å². The van der Waals surface area contributed by atoms with E-state index in [0.717, 1.165) is 27.1 Å². The minimum absolute atomic E-state index is 0.00751. The van der Waals surface area contributed by atoms with Crippen LogP contribution < -0.4 is 5.32 Å². The zero-order valence-corrected chi connectivity index (χ0v) is 18.0. The fourth-order valence-corrected chi connectivity index (χ4v) is 4.55. The molecule has 0 bridgehead atoms. The molecule has 0 saturated carbocycles. The van der Waals surface area contributed by atoms with Gasteiger partial charge in [0.05, 0.1) is 17.8 Å². The molecular weight excluding hydrogens is 388 g/mol. The van der Waals surface area contributed by atoms with Crippen molar-refractivity contribution in [1.29, 1.82) is 0 Å². The number of halogens is 1. The Balaban J connectivity index is 1.85. The summed E-state index contributed by atoms with van der Waals surface area (Å²) in [6.45, 7) is 6.35. The van der Waals surface area contributed by atoms with Gasteiger partial charge in [-0.25, -0.2) is 0 Å². The maximum Gasteiger partial charge on any atom is 0.169 e. The summed E-state index contributed by atoms with van der Waals surface area (Å²) in [6, 6.07) is 14.4. The molecule has 2 atom stereocenters. The average molecular weight is 411 g/mol. The Morgan fingerprint density at radius 1 is 1.11 bits per heavy atom. The molecule has 28 heavy (non-hydrogen) atoms. The lowest BCUT2D eigenvalue weighted by atomic mass is 9.97. The Kier molecular flexibility index (Phi) is 4.89. The van der Waals surface area contributed by atoms with Crippen LogP contribution in [0.15, 0.2) is 48.7 Å². The smallest absolute Gasteiger partial charge is 0.169 e. The number of nitrogens with zero attached hydrogens (tertiary/aromatic N) is 3. The Bertz CT molecular complexity index is 1040. The van der Waals surface area contributed by atoms with Gasteiger partial charge in [0.1, 0.15) is 0 Å². The zero-order chi connectivity index (χ0) is 20.0. The van der Waals surface area contributed by atoms with Gasteiger partial charge in [0.2, 0.25) is 0 Å². The van der Waals surface area contributed by atoms with Crippen LogP contribution in [-0.4, -0.2) is 26.6 Å². The lowest BCUT2D eigenvalue weighted by Crippen LogP contribution is -2.25. The number of hydrogen-bond acceptors (Lipinski definition) is 2. The molecule has 0 amide bonds. The van der Waals surface area contributed by atoms with Crippen LogP contribution >= 0.6 is 23.8 Å². The average Bonchev–Trinajstić information content (AvgIpc) is 3.14. The molecule has 3 heterocycles. The highest BCUT2D eigenvalue weighted by molar-refractivity contribution is 7.80. The summed E-state index contributed by atoms with van der Waals surface area (Å²) in [7, 11) is 2.04. The second-order valence-electron chi connectivity index (χ2n) is 7.28. The lowest BCUT2D eigenvalue weighted by molar-refractivity contribution is 0.367. The molecule has 0 aliphatic carbocycles. The van der Waals surface area contributed by atoms with E-state index >= 15 is 0 Å². The fourth-order valence-electron chi connectivity index (χ4n) is 4.14. The molecule has 0 spiro atoms.